The van der Waals surface area contributed by atoms with Gasteiger partial charge in [0.25, 0.3) is 11.8 Å². The number of hydrogen-bond donors (Lipinski definition) is 3. The minimum absolute atomic E-state index is 0.0668. The molecule has 11 heteroatoms. The molecule has 0 saturated carbocycles. The van der Waals surface area contributed by atoms with Crippen LogP contribution in [0.3, 0.4) is 0 Å². The van der Waals surface area contributed by atoms with Gasteiger partial charge in [-0.2, -0.15) is 0 Å². The second kappa shape index (κ2) is 12.1. The molecule has 2 heterocycles. The SMILES string of the molecule is CCn1c(SCC(=O)Nc2sc3c(c2C(N)=O)CCCC3)nnc1[C@H](NC(=O)c1ccc(C)cc1)C(C)C. The summed E-state index contributed by atoms with van der Waals surface area (Å²) in [4.78, 5) is 39.0. The lowest BCUT2D eigenvalue weighted by atomic mass is 9.95. The van der Waals surface area contributed by atoms with Gasteiger partial charge in [-0.05, 0) is 63.1 Å². The monoisotopic (exact) mass is 554 g/mol. The van der Waals surface area contributed by atoms with E-state index in [1.165, 1.54) is 23.1 Å². The standard InChI is InChI=1S/C27H34N6O3S2/c1-5-33-24(22(15(2)3)30-25(36)17-12-10-16(4)11-13-17)31-32-27(33)37-14-20(34)29-26-21(23(28)35)18-8-6-7-9-19(18)38-26/h10-13,15,22H,5-9,14H2,1-4H3,(H2,28,35)(H,29,34)(H,30,36)/t22-/m1/s1. The number of nitrogens with zero attached hydrogens (tertiary/aromatic N) is 3. The summed E-state index contributed by atoms with van der Waals surface area (Å²) in [5, 5.41) is 15.9. The predicted octanol–water partition coefficient (Wildman–Crippen LogP) is 4.50. The highest BCUT2D eigenvalue weighted by Crippen LogP contribution is 2.38. The van der Waals surface area contributed by atoms with Gasteiger partial charge in [0.15, 0.2) is 11.0 Å². The summed E-state index contributed by atoms with van der Waals surface area (Å²) in [6.07, 6.45) is 3.82. The van der Waals surface area contributed by atoms with Crippen LogP contribution in [0.15, 0.2) is 29.4 Å². The summed E-state index contributed by atoms with van der Waals surface area (Å²) in [7, 11) is 0. The van der Waals surface area contributed by atoms with Gasteiger partial charge in [-0.3, -0.25) is 14.4 Å². The number of anilines is 1. The van der Waals surface area contributed by atoms with Crippen LogP contribution < -0.4 is 16.4 Å². The number of rotatable bonds is 10. The lowest BCUT2D eigenvalue weighted by Gasteiger charge is -2.22. The number of fused-ring (bicyclic) bond motifs is 1. The van der Waals surface area contributed by atoms with Crippen molar-refractivity contribution in [2.75, 3.05) is 11.1 Å². The molecule has 4 N–H and O–H groups in total. The molecule has 0 bridgehead atoms. The first-order chi connectivity index (χ1) is 18.2. The number of aromatic nitrogens is 3. The number of thiophene rings is 1. The van der Waals surface area contributed by atoms with Crippen molar-refractivity contribution in [1.29, 1.82) is 0 Å². The highest BCUT2D eigenvalue weighted by molar-refractivity contribution is 7.99. The molecule has 3 aromatic rings. The number of thioether (sulfide) groups is 1. The van der Waals surface area contributed by atoms with Crippen LogP contribution in [0.2, 0.25) is 0 Å². The highest BCUT2D eigenvalue weighted by Gasteiger charge is 2.27. The van der Waals surface area contributed by atoms with Gasteiger partial charge in [0.05, 0.1) is 17.4 Å². The first kappa shape index (κ1) is 27.8. The fraction of sp³-hybridized carbons (Fsp3) is 0.444. The molecule has 0 aliphatic heterocycles. The highest BCUT2D eigenvalue weighted by atomic mass is 32.2. The second-order valence-electron chi connectivity index (χ2n) is 9.76. The smallest absolute Gasteiger partial charge is 0.251 e. The summed E-state index contributed by atoms with van der Waals surface area (Å²) in [5.41, 5.74) is 8.76. The molecule has 2 aromatic heterocycles. The predicted molar refractivity (Wildman–Crippen MR) is 151 cm³/mol. The summed E-state index contributed by atoms with van der Waals surface area (Å²) in [6, 6.07) is 7.08. The Morgan fingerprint density at radius 1 is 1.13 bits per heavy atom. The summed E-state index contributed by atoms with van der Waals surface area (Å²) in [5.74, 6) is -0.107. The van der Waals surface area contributed by atoms with Gasteiger partial charge in [-0.15, -0.1) is 21.5 Å². The van der Waals surface area contributed by atoms with E-state index in [-0.39, 0.29) is 29.5 Å². The van der Waals surface area contributed by atoms with Crippen LogP contribution in [-0.4, -0.2) is 38.2 Å². The third-order valence-corrected chi connectivity index (χ3v) is 8.78. The topological polar surface area (TPSA) is 132 Å². The third-order valence-electron chi connectivity index (χ3n) is 6.61. The van der Waals surface area contributed by atoms with E-state index in [0.717, 1.165) is 41.7 Å². The van der Waals surface area contributed by atoms with Crippen LogP contribution in [0.25, 0.3) is 0 Å². The van der Waals surface area contributed by atoms with Gasteiger partial charge < -0.3 is 20.9 Å². The van der Waals surface area contributed by atoms with Crippen molar-refractivity contribution in [3.05, 3.63) is 57.2 Å². The van der Waals surface area contributed by atoms with E-state index in [9.17, 15) is 14.4 Å². The van der Waals surface area contributed by atoms with Crippen molar-refractivity contribution in [3.8, 4) is 0 Å². The molecule has 1 atom stereocenters. The Morgan fingerprint density at radius 3 is 2.50 bits per heavy atom. The zero-order valence-corrected chi connectivity index (χ0v) is 23.8. The zero-order chi connectivity index (χ0) is 27.4. The molecule has 0 radical (unpaired) electrons. The number of nitrogens with one attached hydrogen (secondary N) is 2. The molecule has 3 amide bonds. The molecule has 0 unspecified atom stereocenters. The van der Waals surface area contributed by atoms with Crippen molar-refractivity contribution >= 4 is 45.8 Å². The maximum Gasteiger partial charge on any atom is 0.251 e. The number of carbonyl (C=O) groups excluding carboxylic acids is 3. The van der Waals surface area contributed by atoms with Crippen molar-refractivity contribution in [1.82, 2.24) is 20.1 Å². The average molecular weight is 555 g/mol. The number of benzene rings is 1. The normalized spacial score (nSPS) is 13.7. The Balaban J connectivity index is 1.46. The van der Waals surface area contributed by atoms with Crippen LogP contribution in [0.5, 0.6) is 0 Å². The quantitative estimate of drug-likeness (QED) is 0.316. The third kappa shape index (κ3) is 6.10. The molecular weight excluding hydrogens is 520 g/mol. The molecule has 1 aliphatic carbocycles. The maximum absolute atomic E-state index is 12.9. The summed E-state index contributed by atoms with van der Waals surface area (Å²) in [6.45, 7) is 8.58. The van der Waals surface area contributed by atoms with Crippen molar-refractivity contribution in [2.24, 2.45) is 11.7 Å². The van der Waals surface area contributed by atoms with E-state index in [0.29, 0.717) is 33.7 Å². The number of aryl methyl sites for hydroxylation is 2. The Hall–Kier alpha value is -3.18. The molecular formula is C27H34N6O3S2. The number of hydrogen-bond acceptors (Lipinski definition) is 7. The minimum atomic E-state index is -0.505. The van der Waals surface area contributed by atoms with Crippen LogP contribution in [0.4, 0.5) is 5.00 Å². The van der Waals surface area contributed by atoms with Crippen molar-refractivity contribution in [2.45, 2.75) is 71.1 Å². The molecule has 202 valence electrons. The maximum atomic E-state index is 12.9. The minimum Gasteiger partial charge on any atom is -0.365 e. The van der Waals surface area contributed by atoms with Gasteiger partial charge in [-0.1, -0.05) is 43.3 Å². The van der Waals surface area contributed by atoms with E-state index in [2.05, 4.69) is 20.8 Å². The van der Waals surface area contributed by atoms with E-state index in [1.807, 2.05) is 44.4 Å². The van der Waals surface area contributed by atoms with Crippen LogP contribution in [0, 0.1) is 12.8 Å². The molecule has 0 spiro atoms. The van der Waals surface area contributed by atoms with Gasteiger partial charge in [0.2, 0.25) is 5.91 Å². The first-order valence-electron chi connectivity index (χ1n) is 12.9. The zero-order valence-electron chi connectivity index (χ0n) is 22.2. The fourth-order valence-electron chi connectivity index (χ4n) is 4.60. The number of nitrogens with two attached hydrogens (primary N) is 1. The van der Waals surface area contributed by atoms with Crippen LogP contribution >= 0.6 is 23.1 Å². The molecule has 0 saturated heterocycles. The van der Waals surface area contributed by atoms with Gasteiger partial charge in [0, 0.05) is 17.0 Å². The van der Waals surface area contributed by atoms with Crippen molar-refractivity contribution in [3.63, 3.8) is 0 Å². The number of primary amides is 1. The first-order valence-corrected chi connectivity index (χ1v) is 14.7. The van der Waals surface area contributed by atoms with Crippen molar-refractivity contribution < 1.29 is 14.4 Å². The Morgan fingerprint density at radius 2 is 1.84 bits per heavy atom. The van der Waals surface area contributed by atoms with Gasteiger partial charge in [0.1, 0.15) is 5.00 Å². The van der Waals surface area contributed by atoms with Crippen LogP contribution in [-0.2, 0) is 24.2 Å². The number of carbonyl (C=O) groups is 3. The summed E-state index contributed by atoms with van der Waals surface area (Å²) < 4.78 is 1.93. The van der Waals surface area contributed by atoms with E-state index in [1.54, 1.807) is 12.1 Å². The Bertz CT molecular complexity index is 1330. The number of amides is 3. The largest absolute Gasteiger partial charge is 0.365 e. The van der Waals surface area contributed by atoms with Crippen LogP contribution in [0.1, 0.15) is 82.2 Å². The molecule has 1 aliphatic rings. The molecule has 38 heavy (non-hydrogen) atoms. The molecule has 9 nitrogen and oxygen atoms in total. The van der Waals surface area contributed by atoms with Gasteiger partial charge in [-0.25, -0.2) is 0 Å². The molecule has 4 rings (SSSR count). The summed E-state index contributed by atoms with van der Waals surface area (Å²) >= 11 is 2.72. The van der Waals surface area contributed by atoms with E-state index >= 15 is 0 Å². The molecule has 1 aromatic carbocycles. The lowest BCUT2D eigenvalue weighted by molar-refractivity contribution is -0.113. The molecule has 0 fully saturated rings. The van der Waals surface area contributed by atoms with E-state index in [4.69, 9.17) is 5.73 Å². The van der Waals surface area contributed by atoms with Gasteiger partial charge >= 0.3 is 0 Å². The average Bonchev–Trinajstić information content (AvgIpc) is 3.46. The fourth-order valence-corrected chi connectivity index (χ4v) is 6.72. The Kier molecular flexibility index (Phi) is 8.88. The second-order valence-corrected chi connectivity index (χ2v) is 11.8. The lowest BCUT2D eigenvalue weighted by Crippen LogP contribution is -2.33. The Labute approximate surface area is 231 Å². The van der Waals surface area contributed by atoms with E-state index < -0.39 is 5.91 Å².